The highest BCUT2D eigenvalue weighted by Gasteiger charge is 2.48. The van der Waals surface area contributed by atoms with Gasteiger partial charge >= 0.3 is 0 Å². The molecule has 0 N–H and O–H groups in total. The Kier molecular flexibility index (Phi) is 7.35. The summed E-state index contributed by atoms with van der Waals surface area (Å²) in [6, 6.07) is 0. The molecule has 0 saturated heterocycles. The van der Waals surface area contributed by atoms with Gasteiger partial charge in [-0.25, -0.2) is 0 Å². The van der Waals surface area contributed by atoms with Crippen LogP contribution in [0.4, 0.5) is 0 Å². The Hall–Kier alpha value is -0.120. The Balaban J connectivity index is 2.93. The van der Waals surface area contributed by atoms with Crippen LogP contribution in [0.15, 0.2) is 0 Å². The van der Waals surface area contributed by atoms with Gasteiger partial charge in [0.2, 0.25) is 0 Å². The molecule has 0 aromatic heterocycles. The van der Waals surface area contributed by atoms with Gasteiger partial charge in [-0.15, -0.1) is 0 Å². The molecule has 0 atom stereocenters. The first-order valence-corrected chi connectivity index (χ1v) is 8.85. The maximum Gasteiger partial charge on any atom is 0.0654 e. The number of hydrogen-bond acceptors (Lipinski definition) is 3. The first kappa shape index (κ1) is 19.9. The monoisotopic (exact) mass is 314 g/mol. The van der Waals surface area contributed by atoms with Crippen LogP contribution >= 0.6 is 0 Å². The van der Waals surface area contributed by atoms with Crippen LogP contribution in [0.25, 0.3) is 0 Å². The number of methoxy groups -OCH3 is 2. The number of ether oxygens (including phenoxy) is 3. The van der Waals surface area contributed by atoms with Crippen molar-refractivity contribution in [3.8, 4) is 0 Å². The van der Waals surface area contributed by atoms with Gasteiger partial charge in [0.15, 0.2) is 0 Å². The Morgan fingerprint density at radius 2 is 1.41 bits per heavy atom. The molecule has 1 aliphatic carbocycles. The molecule has 0 amide bonds. The number of rotatable bonds is 9. The predicted octanol–water partition coefficient (Wildman–Crippen LogP) is 4.69. The van der Waals surface area contributed by atoms with E-state index in [1.807, 2.05) is 0 Å². The molecule has 3 heteroatoms. The zero-order valence-electron chi connectivity index (χ0n) is 16.0. The lowest BCUT2D eigenvalue weighted by atomic mass is 9.61. The first-order chi connectivity index (χ1) is 10.2. The van der Waals surface area contributed by atoms with E-state index in [9.17, 15) is 0 Å². The van der Waals surface area contributed by atoms with Crippen LogP contribution in [-0.2, 0) is 14.2 Å². The molecule has 0 aliphatic heterocycles. The summed E-state index contributed by atoms with van der Waals surface area (Å²) in [4.78, 5) is 0. The third-order valence-corrected chi connectivity index (χ3v) is 6.26. The van der Waals surface area contributed by atoms with E-state index in [1.54, 1.807) is 14.2 Å². The Bertz CT molecular complexity index is 311. The van der Waals surface area contributed by atoms with E-state index in [0.717, 1.165) is 0 Å². The van der Waals surface area contributed by atoms with Crippen LogP contribution < -0.4 is 0 Å². The molecule has 0 radical (unpaired) electrons. The molecule has 0 heterocycles. The number of hydrogen-bond donors (Lipinski definition) is 0. The second kappa shape index (κ2) is 8.12. The highest BCUT2D eigenvalue weighted by Crippen LogP contribution is 2.47. The second-order valence-corrected chi connectivity index (χ2v) is 8.32. The van der Waals surface area contributed by atoms with E-state index in [2.05, 4.69) is 34.6 Å². The highest BCUT2D eigenvalue weighted by molar-refractivity contribution is 4.96. The van der Waals surface area contributed by atoms with Crippen molar-refractivity contribution < 1.29 is 14.2 Å². The summed E-state index contributed by atoms with van der Waals surface area (Å²) in [6.45, 7) is 13.5. The molecular formula is C19H38O3. The molecule has 0 bridgehead atoms. The topological polar surface area (TPSA) is 27.7 Å². The van der Waals surface area contributed by atoms with E-state index in [-0.39, 0.29) is 16.4 Å². The molecule has 1 rings (SSSR count). The largest absolute Gasteiger partial charge is 0.384 e. The minimum Gasteiger partial charge on any atom is -0.384 e. The average molecular weight is 315 g/mol. The maximum atomic E-state index is 6.52. The molecule has 0 unspecified atom stereocenters. The van der Waals surface area contributed by atoms with Crippen LogP contribution in [0, 0.1) is 16.7 Å². The zero-order valence-corrected chi connectivity index (χ0v) is 16.0. The fraction of sp³-hybridized carbons (Fsp3) is 1.00. The lowest BCUT2D eigenvalue weighted by molar-refractivity contribution is -0.169. The molecule has 0 aromatic carbocycles. The molecule has 1 saturated carbocycles. The smallest absolute Gasteiger partial charge is 0.0654 e. The second-order valence-electron chi connectivity index (χ2n) is 8.32. The average Bonchev–Trinajstić information content (AvgIpc) is 2.46. The van der Waals surface area contributed by atoms with Crippen molar-refractivity contribution in [2.45, 2.75) is 72.3 Å². The normalized spacial score (nSPS) is 19.6. The fourth-order valence-corrected chi connectivity index (χ4v) is 3.60. The third-order valence-electron chi connectivity index (χ3n) is 6.26. The van der Waals surface area contributed by atoms with Crippen molar-refractivity contribution in [1.29, 1.82) is 0 Å². The molecule has 22 heavy (non-hydrogen) atoms. The summed E-state index contributed by atoms with van der Waals surface area (Å²) in [5.41, 5.74) is -0.0206. The Morgan fingerprint density at radius 3 is 1.82 bits per heavy atom. The van der Waals surface area contributed by atoms with E-state index in [1.165, 1.54) is 32.1 Å². The lowest BCUT2D eigenvalue weighted by Gasteiger charge is -2.50. The molecule has 3 nitrogen and oxygen atoms in total. The first-order valence-electron chi connectivity index (χ1n) is 8.85. The molecular weight excluding hydrogens is 276 g/mol. The fourth-order valence-electron chi connectivity index (χ4n) is 3.60. The van der Waals surface area contributed by atoms with Crippen molar-refractivity contribution >= 4 is 0 Å². The van der Waals surface area contributed by atoms with Gasteiger partial charge in [-0.2, -0.15) is 0 Å². The standard InChI is InChI=1S/C19H38O3/c1-16(2)17(3,4)19(13-20-6,14-21-7)15-22-18(5)11-9-8-10-12-18/h16H,8-15H2,1-7H3. The van der Waals surface area contributed by atoms with Crippen LogP contribution in [-0.4, -0.2) is 39.6 Å². The van der Waals surface area contributed by atoms with Gasteiger partial charge in [-0.05, 0) is 31.1 Å². The van der Waals surface area contributed by atoms with Gasteiger partial charge in [0.1, 0.15) is 0 Å². The summed E-state index contributed by atoms with van der Waals surface area (Å²) in [5.74, 6) is 0.528. The maximum absolute atomic E-state index is 6.52. The summed E-state index contributed by atoms with van der Waals surface area (Å²) >= 11 is 0. The minimum atomic E-state index is -0.120. The summed E-state index contributed by atoms with van der Waals surface area (Å²) in [7, 11) is 3.56. The zero-order chi connectivity index (χ0) is 16.9. The SMILES string of the molecule is COCC(COC)(COC1(C)CCCCC1)C(C)(C)C(C)C. The Labute approximate surface area is 138 Å². The van der Waals surface area contributed by atoms with Gasteiger partial charge in [-0.1, -0.05) is 47.0 Å². The van der Waals surface area contributed by atoms with E-state index < -0.39 is 0 Å². The Morgan fingerprint density at radius 1 is 0.909 bits per heavy atom. The van der Waals surface area contributed by atoms with Gasteiger partial charge in [0, 0.05) is 19.6 Å². The van der Waals surface area contributed by atoms with Gasteiger partial charge < -0.3 is 14.2 Å². The highest BCUT2D eigenvalue weighted by atomic mass is 16.5. The van der Waals surface area contributed by atoms with Crippen molar-refractivity contribution in [2.24, 2.45) is 16.7 Å². The van der Waals surface area contributed by atoms with E-state index in [0.29, 0.717) is 25.7 Å². The van der Waals surface area contributed by atoms with Gasteiger partial charge in [0.25, 0.3) is 0 Å². The van der Waals surface area contributed by atoms with Crippen molar-refractivity contribution in [3.63, 3.8) is 0 Å². The van der Waals surface area contributed by atoms with Gasteiger partial charge in [0.05, 0.1) is 25.4 Å². The lowest BCUT2D eigenvalue weighted by Crippen LogP contribution is -2.52. The van der Waals surface area contributed by atoms with E-state index in [4.69, 9.17) is 14.2 Å². The molecule has 1 aliphatic rings. The van der Waals surface area contributed by atoms with Crippen LogP contribution in [0.5, 0.6) is 0 Å². The van der Waals surface area contributed by atoms with Crippen molar-refractivity contribution in [1.82, 2.24) is 0 Å². The molecule has 0 aromatic rings. The van der Waals surface area contributed by atoms with Gasteiger partial charge in [-0.3, -0.25) is 0 Å². The quantitative estimate of drug-likeness (QED) is 0.618. The van der Waals surface area contributed by atoms with Crippen LogP contribution in [0.3, 0.4) is 0 Å². The summed E-state index contributed by atoms with van der Waals surface area (Å²) in [5, 5.41) is 0. The molecule has 1 fully saturated rings. The molecule has 0 spiro atoms. The van der Waals surface area contributed by atoms with Crippen LogP contribution in [0.2, 0.25) is 0 Å². The minimum absolute atomic E-state index is 0.0258. The van der Waals surface area contributed by atoms with Crippen molar-refractivity contribution in [3.05, 3.63) is 0 Å². The van der Waals surface area contributed by atoms with Crippen LogP contribution in [0.1, 0.15) is 66.7 Å². The predicted molar refractivity (Wildman–Crippen MR) is 92.2 cm³/mol. The van der Waals surface area contributed by atoms with Crippen molar-refractivity contribution in [2.75, 3.05) is 34.0 Å². The third kappa shape index (κ3) is 4.46. The molecule has 132 valence electrons. The van der Waals surface area contributed by atoms with E-state index >= 15 is 0 Å². The summed E-state index contributed by atoms with van der Waals surface area (Å²) in [6.07, 6.45) is 6.26. The summed E-state index contributed by atoms with van der Waals surface area (Å²) < 4.78 is 17.7.